The van der Waals surface area contributed by atoms with Gasteiger partial charge in [0.1, 0.15) is 12.3 Å². The molecule has 0 aliphatic carbocycles. The van der Waals surface area contributed by atoms with Crippen LogP contribution in [0.2, 0.25) is 5.15 Å². The molecule has 1 aromatic carbocycles. The number of rotatable bonds is 5. The molecule has 0 fully saturated rings. The van der Waals surface area contributed by atoms with Crippen molar-refractivity contribution in [2.24, 2.45) is 5.84 Å². The molecule has 0 bridgehead atoms. The van der Waals surface area contributed by atoms with E-state index in [2.05, 4.69) is 20.0 Å². The predicted molar refractivity (Wildman–Crippen MR) is 96.2 cm³/mol. The van der Waals surface area contributed by atoms with Crippen LogP contribution in [0, 0.1) is 0 Å². The number of likely N-dealkylation sites (N-methyl/N-ethyl adjacent to an activating group) is 1. The van der Waals surface area contributed by atoms with E-state index in [1.54, 1.807) is 13.0 Å². The van der Waals surface area contributed by atoms with E-state index in [0.29, 0.717) is 11.3 Å². The first-order valence-corrected chi connectivity index (χ1v) is 8.51. The van der Waals surface area contributed by atoms with Crippen molar-refractivity contribution in [3.63, 3.8) is 0 Å². The van der Waals surface area contributed by atoms with Gasteiger partial charge in [-0.1, -0.05) is 17.7 Å². The van der Waals surface area contributed by atoms with Crippen molar-refractivity contribution in [1.29, 1.82) is 0 Å². The largest absolute Gasteiger partial charge is 0.535 e. The fourth-order valence-electron chi connectivity index (χ4n) is 2.74. The molecule has 150 valence electrons. The number of alkyl halides is 2. The van der Waals surface area contributed by atoms with Crippen LogP contribution >= 0.6 is 11.6 Å². The van der Waals surface area contributed by atoms with E-state index in [0.717, 1.165) is 10.7 Å². The lowest BCUT2D eigenvalue weighted by Crippen LogP contribution is -2.39. The molecule has 12 heteroatoms. The van der Waals surface area contributed by atoms with Gasteiger partial charge < -0.3 is 15.1 Å². The molecule has 0 saturated carbocycles. The molecule has 2 aromatic rings. The summed E-state index contributed by atoms with van der Waals surface area (Å²) in [6.45, 7) is 1.04. The Morgan fingerprint density at radius 3 is 2.93 bits per heavy atom. The van der Waals surface area contributed by atoms with E-state index in [-0.39, 0.29) is 23.1 Å². The Balaban J connectivity index is 1.90. The number of halogens is 3. The molecular weight excluding hydrogens is 400 g/mol. The zero-order chi connectivity index (χ0) is 20.5. The summed E-state index contributed by atoms with van der Waals surface area (Å²) < 4.78 is 36.4. The second kappa shape index (κ2) is 7.70. The highest BCUT2D eigenvalue weighted by Crippen LogP contribution is 2.38. The first-order chi connectivity index (χ1) is 13.3. The van der Waals surface area contributed by atoms with Crippen molar-refractivity contribution in [3.05, 3.63) is 45.3 Å². The predicted octanol–water partition coefficient (Wildman–Crippen LogP) is 1.69. The van der Waals surface area contributed by atoms with Gasteiger partial charge in [0.25, 0.3) is 5.56 Å². The number of hydrogen-bond donors (Lipinski definition) is 2. The van der Waals surface area contributed by atoms with E-state index in [1.807, 2.05) is 0 Å². The summed E-state index contributed by atoms with van der Waals surface area (Å²) in [5.74, 6) is 4.63. The van der Waals surface area contributed by atoms with E-state index in [9.17, 15) is 18.4 Å². The smallest absolute Gasteiger partial charge is 0.409 e. The normalized spacial score (nSPS) is 14.8. The Bertz CT molecular complexity index is 969. The van der Waals surface area contributed by atoms with E-state index >= 15 is 0 Å². The highest BCUT2D eigenvalue weighted by Gasteiger charge is 2.40. The third kappa shape index (κ3) is 3.91. The van der Waals surface area contributed by atoms with Gasteiger partial charge in [-0.25, -0.2) is 4.68 Å². The van der Waals surface area contributed by atoms with Crippen molar-refractivity contribution < 1.29 is 23.0 Å². The lowest BCUT2D eigenvalue weighted by Gasteiger charge is -2.30. The van der Waals surface area contributed by atoms with Gasteiger partial charge in [-0.3, -0.25) is 20.2 Å². The molecule has 0 radical (unpaired) electrons. The second-order valence-electron chi connectivity index (χ2n) is 5.73. The van der Waals surface area contributed by atoms with Gasteiger partial charge in [0.15, 0.2) is 5.15 Å². The lowest BCUT2D eigenvalue weighted by molar-refractivity contribution is -0.367. The minimum atomic E-state index is -3.74. The van der Waals surface area contributed by atoms with Crippen molar-refractivity contribution in [1.82, 2.24) is 9.78 Å². The number of anilines is 2. The maximum atomic E-state index is 13.3. The molecule has 0 unspecified atom stereocenters. The summed E-state index contributed by atoms with van der Waals surface area (Å²) in [6, 6.07) is 5.51. The van der Waals surface area contributed by atoms with Gasteiger partial charge in [0, 0.05) is 18.2 Å². The Kier molecular flexibility index (Phi) is 5.49. The number of nitrogens with zero attached hydrogens (tertiary/aromatic N) is 3. The minimum absolute atomic E-state index is 0.0842. The first-order valence-electron chi connectivity index (χ1n) is 8.13. The summed E-state index contributed by atoms with van der Waals surface area (Å²) in [5, 5.41) is 3.75. The van der Waals surface area contributed by atoms with Crippen molar-refractivity contribution in [2.75, 3.05) is 16.9 Å². The van der Waals surface area contributed by atoms with Gasteiger partial charge >= 0.3 is 6.29 Å². The van der Waals surface area contributed by atoms with Crippen LogP contribution in [0.15, 0.2) is 29.1 Å². The number of hydrogen-bond acceptors (Lipinski definition) is 7. The minimum Gasteiger partial charge on any atom is -0.409 e. The van der Waals surface area contributed by atoms with E-state index in [4.69, 9.17) is 17.4 Å². The lowest BCUT2D eigenvalue weighted by atomic mass is 10.1. The van der Waals surface area contributed by atoms with Gasteiger partial charge in [-0.2, -0.15) is 5.10 Å². The van der Waals surface area contributed by atoms with Crippen molar-refractivity contribution in [2.45, 2.75) is 26.4 Å². The molecule has 2 heterocycles. The average Bonchev–Trinajstić information content (AvgIpc) is 2.64. The highest BCUT2D eigenvalue weighted by atomic mass is 35.5. The molecule has 0 spiro atoms. The molecule has 3 rings (SSSR count). The van der Waals surface area contributed by atoms with E-state index < -0.39 is 30.9 Å². The van der Waals surface area contributed by atoms with Gasteiger partial charge in [0.05, 0.1) is 18.0 Å². The van der Waals surface area contributed by atoms with Gasteiger partial charge in [0.2, 0.25) is 5.91 Å². The number of nitrogens with two attached hydrogens (primary N) is 1. The summed E-state index contributed by atoms with van der Waals surface area (Å²) in [7, 11) is 0. The quantitative estimate of drug-likeness (QED) is 0.564. The summed E-state index contributed by atoms with van der Waals surface area (Å²) in [4.78, 5) is 26.2. The van der Waals surface area contributed by atoms with Crippen LogP contribution in [0.5, 0.6) is 5.75 Å². The van der Waals surface area contributed by atoms with Crippen LogP contribution in [0.1, 0.15) is 12.5 Å². The molecule has 0 atom stereocenters. The SMILES string of the molecule is CCN(C(=O)Cn1nc(Cl)c(NN)cc1=O)c1cccc2c1COC(F)(F)O2. The van der Waals surface area contributed by atoms with Crippen LogP contribution in [-0.4, -0.2) is 28.5 Å². The average molecular weight is 416 g/mol. The van der Waals surface area contributed by atoms with Crippen LogP contribution < -0.4 is 26.5 Å². The number of hydrazine groups is 1. The molecule has 1 aliphatic heterocycles. The molecule has 0 saturated heterocycles. The Hall–Kier alpha value is -2.76. The Labute approximate surface area is 162 Å². The number of carbonyl (C=O) groups excluding carboxylic acids is 1. The second-order valence-corrected chi connectivity index (χ2v) is 6.09. The standard InChI is InChI=1S/C16H16ClF2N5O4/c1-2-23(11-4-3-5-12-9(11)8-27-16(18,19)28-12)14(26)7-24-13(25)6-10(21-20)15(17)22-24/h3-6,21H,2,7-8,20H2,1H3. The summed E-state index contributed by atoms with van der Waals surface area (Å²) in [5.41, 5.74) is 2.38. The molecule has 9 nitrogen and oxygen atoms in total. The zero-order valence-electron chi connectivity index (χ0n) is 14.6. The van der Waals surface area contributed by atoms with Crippen LogP contribution in [0.3, 0.4) is 0 Å². The number of benzene rings is 1. The molecule has 28 heavy (non-hydrogen) atoms. The third-order valence-corrected chi connectivity index (χ3v) is 4.30. The third-order valence-electron chi connectivity index (χ3n) is 4.02. The fourth-order valence-corrected chi connectivity index (χ4v) is 2.94. The number of nitrogen functional groups attached to an aromatic ring is 1. The van der Waals surface area contributed by atoms with E-state index in [1.165, 1.54) is 17.0 Å². The number of nitrogens with one attached hydrogen (secondary N) is 1. The summed E-state index contributed by atoms with van der Waals surface area (Å²) in [6.07, 6.45) is -3.74. The van der Waals surface area contributed by atoms with Crippen LogP contribution in [0.25, 0.3) is 0 Å². The monoisotopic (exact) mass is 415 g/mol. The van der Waals surface area contributed by atoms with Crippen molar-refractivity contribution >= 4 is 28.9 Å². The number of amides is 1. The number of carbonyl (C=O) groups is 1. The Morgan fingerprint density at radius 1 is 1.50 bits per heavy atom. The summed E-state index contributed by atoms with van der Waals surface area (Å²) >= 11 is 5.89. The highest BCUT2D eigenvalue weighted by molar-refractivity contribution is 6.31. The maximum Gasteiger partial charge on any atom is 0.535 e. The molecule has 1 aromatic heterocycles. The van der Waals surface area contributed by atoms with Crippen molar-refractivity contribution in [3.8, 4) is 5.75 Å². The topological polar surface area (TPSA) is 112 Å². The molecular formula is C16H16ClF2N5O4. The maximum absolute atomic E-state index is 13.3. The molecule has 1 aliphatic rings. The first kappa shape index (κ1) is 20.0. The molecule has 3 N–H and O–H groups in total. The fraction of sp³-hybridized carbons (Fsp3) is 0.312. The zero-order valence-corrected chi connectivity index (χ0v) is 15.4. The number of ether oxygens (including phenoxy) is 2. The van der Waals surface area contributed by atoms with Crippen LogP contribution in [0.4, 0.5) is 20.2 Å². The Morgan fingerprint density at radius 2 is 2.25 bits per heavy atom. The van der Waals surface area contributed by atoms with Gasteiger partial charge in [-0.05, 0) is 19.1 Å². The molecule has 1 amide bonds. The number of fused-ring (bicyclic) bond motifs is 1. The van der Waals surface area contributed by atoms with Crippen LogP contribution in [-0.2, 0) is 22.7 Å². The van der Waals surface area contributed by atoms with Gasteiger partial charge in [-0.15, -0.1) is 8.78 Å². The number of aromatic nitrogens is 2.